The molecule has 2 atom stereocenters. The molecule has 0 aromatic heterocycles. The lowest BCUT2D eigenvalue weighted by Crippen LogP contribution is -2.24. The molecule has 1 N–H and O–H groups in total. The van der Waals surface area contributed by atoms with Crippen molar-refractivity contribution in [2.24, 2.45) is 5.92 Å². The molecule has 0 aliphatic rings. The zero-order chi connectivity index (χ0) is 12.1. The molecule has 0 spiro atoms. The van der Waals surface area contributed by atoms with Crippen LogP contribution in [0.25, 0.3) is 0 Å². The van der Waals surface area contributed by atoms with Crippen molar-refractivity contribution < 1.29 is 9.84 Å². The van der Waals surface area contributed by atoms with Gasteiger partial charge in [0.25, 0.3) is 0 Å². The monoisotopic (exact) mass is 262 g/mol. The van der Waals surface area contributed by atoms with Gasteiger partial charge in [-0.15, -0.1) is 0 Å². The highest BCUT2D eigenvalue weighted by Gasteiger charge is 2.14. The SMILES string of the molecule is COCC(C)C(O)Cc1ccc(Cl)c(Cl)c1. The second-order valence-corrected chi connectivity index (χ2v) is 4.77. The third kappa shape index (κ3) is 3.95. The van der Waals surface area contributed by atoms with E-state index in [9.17, 15) is 5.11 Å². The number of rotatable bonds is 5. The van der Waals surface area contributed by atoms with Crippen LogP contribution in [0, 0.1) is 5.92 Å². The van der Waals surface area contributed by atoms with Gasteiger partial charge in [0, 0.05) is 13.0 Å². The lowest BCUT2D eigenvalue weighted by atomic mass is 9.98. The van der Waals surface area contributed by atoms with E-state index in [1.165, 1.54) is 0 Å². The van der Waals surface area contributed by atoms with Crippen LogP contribution in [0.5, 0.6) is 0 Å². The first kappa shape index (κ1) is 13.8. The summed E-state index contributed by atoms with van der Waals surface area (Å²) in [7, 11) is 1.63. The predicted octanol–water partition coefficient (Wildman–Crippen LogP) is 3.18. The summed E-state index contributed by atoms with van der Waals surface area (Å²) in [5.74, 6) is 0.0967. The van der Waals surface area contributed by atoms with Crippen LogP contribution in [0.15, 0.2) is 18.2 Å². The van der Waals surface area contributed by atoms with Gasteiger partial charge in [-0.05, 0) is 24.1 Å². The van der Waals surface area contributed by atoms with E-state index in [-0.39, 0.29) is 5.92 Å². The summed E-state index contributed by atoms with van der Waals surface area (Å²) in [6.07, 6.45) is 0.124. The van der Waals surface area contributed by atoms with Gasteiger partial charge in [-0.2, -0.15) is 0 Å². The van der Waals surface area contributed by atoms with Crippen LogP contribution in [0.2, 0.25) is 10.0 Å². The number of halogens is 2. The molecule has 0 aliphatic carbocycles. The normalized spacial score (nSPS) is 14.8. The van der Waals surface area contributed by atoms with Crippen LogP contribution >= 0.6 is 23.2 Å². The highest BCUT2D eigenvalue weighted by Crippen LogP contribution is 2.23. The molecule has 0 amide bonds. The van der Waals surface area contributed by atoms with E-state index in [1.54, 1.807) is 19.2 Å². The molecule has 1 aromatic carbocycles. The first-order valence-corrected chi connectivity index (χ1v) is 5.91. The maximum atomic E-state index is 9.91. The van der Waals surface area contributed by atoms with Gasteiger partial charge in [0.05, 0.1) is 22.8 Å². The van der Waals surface area contributed by atoms with Crippen molar-refractivity contribution in [3.63, 3.8) is 0 Å². The van der Waals surface area contributed by atoms with Crippen molar-refractivity contribution in [3.8, 4) is 0 Å². The molecule has 2 unspecified atom stereocenters. The highest BCUT2D eigenvalue weighted by atomic mass is 35.5. The topological polar surface area (TPSA) is 29.5 Å². The Morgan fingerprint density at radius 2 is 2.00 bits per heavy atom. The Morgan fingerprint density at radius 3 is 2.56 bits per heavy atom. The van der Waals surface area contributed by atoms with Crippen molar-refractivity contribution in [1.29, 1.82) is 0 Å². The fraction of sp³-hybridized carbons (Fsp3) is 0.500. The predicted molar refractivity (Wildman–Crippen MR) is 67.2 cm³/mol. The molecular formula is C12H16Cl2O2. The quantitative estimate of drug-likeness (QED) is 0.884. The Labute approximate surface area is 106 Å². The van der Waals surface area contributed by atoms with Gasteiger partial charge in [0.15, 0.2) is 0 Å². The molecule has 0 radical (unpaired) electrons. The lowest BCUT2D eigenvalue weighted by Gasteiger charge is -2.18. The Kier molecular flexibility index (Phi) is 5.56. The van der Waals surface area contributed by atoms with E-state index in [2.05, 4.69) is 0 Å². The average molecular weight is 263 g/mol. The van der Waals surface area contributed by atoms with Crippen LogP contribution in [0.1, 0.15) is 12.5 Å². The zero-order valence-corrected chi connectivity index (χ0v) is 10.9. The van der Waals surface area contributed by atoms with Gasteiger partial charge in [0.2, 0.25) is 0 Å². The summed E-state index contributed by atoms with van der Waals surface area (Å²) < 4.78 is 5.00. The van der Waals surface area contributed by atoms with Crippen molar-refractivity contribution in [2.75, 3.05) is 13.7 Å². The molecular weight excluding hydrogens is 247 g/mol. The summed E-state index contributed by atoms with van der Waals surface area (Å²) >= 11 is 11.7. The van der Waals surface area contributed by atoms with Gasteiger partial charge in [-0.1, -0.05) is 36.2 Å². The standard InChI is InChI=1S/C12H16Cl2O2/c1-8(7-16-2)12(15)6-9-3-4-10(13)11(14)5-9/h3-5,8,12,15H,6-7H2,1-2H3. The van der Waals surface area contributed by atoms with Crippen molar-refractivity contribution >= 4 is 23.2 Å². The number of aliphatic hydroxyl groups is 1. The molecule has 0 saturated heterocycles. The Hall–Kier alpha value is -0.280. The molecule has 0 heterocycles. The summed E-state index contributed by atoms with van der Waals surface area (Å²) in [5, 5.41) is 11.0. The third-order valence-electron chi connectivity index (χ3n) is 2.52. The van der Waals surface area contributed by atoms with Gasteiger partial charge in [-0.3, -0.25) is 0 Å². The fourth-order valence-electron chi connectivity index (χ4n) is 1.48. The first-order valence-electron chi connectivity index (χ1n) is 5.15. The Bertz CT molecular complexity index is 342. The summed E-state index contributed by atoms with van der Waals surface area (Å²) in [6.45, 7) is 2.49. The minimum absolute atomic E-state index is 0.0967. The molecule has 0 bridgehead atoms. The molecule has 90 valence electrons. The molecule has 2 nitrogen and oxygen atoms in total. The Morgan fingerprint density at radius 1 is 1.31 bits per heavy atom. The van der Waals surface area contributed by atoms with Crippen LogP contribution in [0.4, 0.5) is 0 Å². The van der Waals surface area contributed by atoms with Crippen molar-refractivity contribution in [3.05, 3.63) is 33.8 Å². The second kappa shape index (κ2) is 6.45. The van der Waals surface area contributed by atoms with Crippen LogP contribution in [0.3, 0.4) is 0 Å². The molecule has 16 heavy (non-hydrogen) atoms. The van der Waals surface area contributed by atoms with E-state index in [0.29, 0.717) is 23.1 Å². The maximum Gasteiger partial charge on any atom is 0.0628 e. The number of benzene rings is 1. The van der Waals surface area contributed by atoms with Crippen molar-refractivity contribution in [2.45, 2.75) is 19.4 Å². The van der Waals surface area contributed by atoms with Crippen LogP contribution in [-0.4, -0.2) is 24.9 Å². The number of hydrogen-bond donors (Lipinski definition) is 1. The average Bonchev–Trinajstić information content (AvgIpc) is 2.24. The largest absolute Gasteiger partial charge is 0.392 e. The van der Waals surface area contributed by atoms with Gasteiger partial charge >= 0.3 is 0 Å². The summed E-state index contributed by atoms with van der Waals surface area (Å²) in [5.41, 5.74) is 0.977. The molecule has 0 saturated carbocycles. The number of ether oxygens (including phenoxy) is 1. The molecule has 1 aromatic rings. The number of aliphatic hydroxyl groups excluding tert-OH is 1. The lowest BCUT2D eigenvalue weighted by molar-refractivity contribution is 0.0575. The minimum atomic E-state index is -0.433. The van der Waals surface area contributed by atoms with Crippen LogP contribution in [-0.2, 0) is 11.2 Å². The molecule has 0 fully saturated rings. The molecule has 4 heteroatoms. The first-order chi connectivity index (χ1) is 7.54. The van der Waals surface area contributed by atoms with E-state index in [0.717, 1.165) is 5.56 Å². The second-order valence-electron chi connectivity index (χ2n) is 3.95. The number of methoxy groups -OCH3 is 1. The molecule has 1 rings (SSSR count). The van der Waals surface area contributed by atoms with Gasteiger partial charge < -0.3 is 9.84 Å². The van der Waals surface area contributed by atoms with Gasteiger partial charge in [-0.25, -0.2) is 0 Å². The Balaban J connectivity index is 2.62. The number of hydrogen-bond acceptors (Lipinski definition) is 2. The third-order valence-corrected chi connectivity index (χ3v) is 3.25. The van der Waals surface area contributed by atoms with Gasteiger partial charge in [0.1, 0.15) is 0 Å². The highest BCUT2D eigenvalue weighted by molar-refractivity contribution is 6.42. The van der Waals surface area contributed by atoms with Crippen molar-refractivity contribution in [1.82, 2.24) is 0 Å². The zero-order valence-electron chi connectivity index (χ0n) is 9.41. The minimum Gasteiger partial charge on any atom is -0.392 e. The van der Waals surface area contributed by atoms with E-state index in [4.69, 9.17) is 27.9 Å². The maximum absolute atomic E-state index is 9.91. The smallest absolute Gasteiger partial charge is 0.0628 e. The van der Waals surface area contributed by atoms with E-state index in [1.807, 2.05) is 13.0 Å². The summed E-state index contributed by atoms with van der Waals surface area (Å²) in [4.78, 5) is 0. The van der Waals surface area contributed by atoms with E-state index < -0.39 is 6.10 Å². The molecule has 0 aliphatic heterocycles. The summed E-state index contributed by atoms with van der Waals surface area (Å²) in [6, 6.07) is 5.40. The van der Waals surface area contributed by atoms with E-state index >= 15 is 0 Å². The van der Waals surface area contributed by atoms with Crippen LogP contribution < -0.4 is 0 Å². The fourth-order valence-corrected chi connectivity index (χ4v) is 1.80.